The summed E-state index contributed by atoms with van der Waals surface area (Å²) in [5.74, 6) is -0.0782. The van der Waals surface area contributed by atoms with Crippen LogP contribution in [0, 0.1) is 6.92 Å². The summed E-state index contributed by atoms with van der Waals surface area (Å²) in [7, 11) is 1.85. The molecule has 1 amide bonds. The number of aromatic nitrogens is 1. The van der Waals surface area contributed by atoms with Gasteiger partial charge in [-0.15, -0.1) is 11.3 Å². The Bertz CT molecular complexity index is 533. The Morgan fingerprint density at radius 3 is 2.61 bits per heavy atom. The van der Waals surface area contributed by atoms with E-state index in [1.807, 2.05) is 32.3 Å². The number of benzene rings is 1. The molecule has 2 aromatic rings. The number of rotatable bonds is 4. The van der Waals surface area contributed by atoms with Crippen LogP contribution in [0.3, 0.4) is 0 Å². The lowest BCUT2D eigenvalue weighted by Crippen LogP contribution is -2.22. The number of hydrogen-bond acceptors (Lipinski definition) is 4. The second-order valence-electron chi connectivity index (χ2n) is 3.87. The van der Waals surface area contributed by atoms with Crippen LogP contribution < -0.4 is 10.6 Å². The fourth-order valence-electron chi connectivity index (χ4n) is 1.53. The quantitative estimate of drug-likeness (QED) is 0.888. The maximum Gasteiger partial charge on any atom is 0.251 e. The van der Waals surface area contributed by atoms with Gasteiger partial charge in [-0.2, -0.15) is 0 Å². The molecule has 1 aromatic carbocycles. The molecule has 18 heavy (non-hydrogen) atoms. The number of anilines is 1. The summed E-state index contributed by atoms with van der Waals surface area (Å²) in [5, 5.41) is 6.79. The van der Waals surface area contributed by atoms with E-state index < -0.39 is 0 Å². The first-order chi connectivity index (χ1) is 8.69. The van der Waals surface area contributed by atoms with Crippen LogP contribution in [0.4, 0.5) is 5.69 Å². The molecule has 0 unspecified atom stereocenters. The minimum atomic E-state index is -0.0782. The second kappa shape index (κ2) is 5.64. The van der Waals surface area contributed by atoms with Crippen molar-refractivity contribution in [3.05, 3.63) is 45.9 Å². The van der Waals surface area contributed by atoms with Crippen molar-refractivity contribution in [3.8, 4) is 0 Å². The van der Waals surface area contributed by atoms with Gasteiger partial charge in [0.05, 0.1) is 6.54 Å². The van der Waals surface area contributed by atoms with Gasteiger partial charge in [-0.25, -0.2) is 4.98 Å². The highest BCUT2D eigenvalue weighted by molar-refractivity contribution is 7.11. The molecular formula is C13H15N3OS. The summed E-state index contributed by atoms with van der Waals surface area (Å²) in [4.78, 5) is 17.2. The highest BCUT2D eigenvalue weighted by atomic mass is 32.1. The summed E-state index contributed by atoms with van der Waals surface area (Å²) >= 11 is 1.60. The van der Waals surface area contributed by atoms with Gasteiger partial charge in [0, 0.05) is 29.4 Å². The van der Waals surface area contributed by atoms with Gasteiger partial charge in [-0.1, -0.05) is 0 Å². The van der Waals surface area contributed by atoms with Crippen molar-refractivity contribution < 1.29 is 4.79 Å². The van der Waals surface area contributed by atoms with E-state index in [0.29, 0.717) is 12.1 Å². The van der Waals surface area contributed by atoms with Gasteiger partial charge < -0.3 is 10.6 Å². The molecule has 0 saturated heterocycles. The Morgan fingerprint density at radius 1 is 1.33 bits per heavy atom. The van der Waals surface area contributed by atoms with Gasteiger partial charge in [0.15, 0.2) is 0 Å². The summed E-state index contributed by atoms with van der Waals surface area (Å²) in [6.07, 6.45) is 1.81. The van der Waals surface area contributed by atoms with Crippen LogP contribution in [0.15, 0.2) is 30.5 Å². The molecule has 1 heterocycles. The van der Waals surface area contributed by atoms with Crippen LogP contribution in [0.25, 0.3) is 0 Å². The molecule has 0 fully saturated rings. The van der Waals surface area contributed by atoms with E-state index >= 15 is 0 Å². The SMILES string of the molecule is CNc1ccc(C(=O)NCc2ncc(C)s2)cc1. The zero-order valence-electron chi connectivity index (χ0n) is 10.4. The molecule has 0 saturated carbocycles. The van der Waals surface area contributed by atoms with Crippen molar-refractivity contribution in [2.24, 2.45) is 0 Å². The monoisotopic (exact) mass is 261 g/mol. The first-order valence-electron chi connectivity index (χ1n) is 5.66. The summed E-state index contributed by atoms with van der Waals surface area (Å²) in [5.41, 5.74) is 1.64. The molecule has 0 aliphatic carbocycles. The summed E-state index contributed by atoms with van der Waals surface area (Å²) in [6, 6.07) is 7.35. The molecule has 0 aliphatic heterocycles. The topological polar surface area (TPSA) is 54.0 Å². The molecule has 0 aliphatic rings. The zero-order valence-corrected chi connectivity index (χ0v) is 11.2. The average Bonchev–Trinajstić information content (AvgIpc) is 2.82. The first kappa shape index (κ1) is 12.6. The van der Waals surface area contributed by atoms with Crippen molar-refractivity contribution in [1.82, 2.24) is 10.3 Å². The molecular weight excluding hydrogens is 246 g/mol. The van der Waals surface area contributed by atoms with Gasteiger partial charge in [0.25, 0.3) is 5.91 Å². The Kier molecular flexibility index (Phi) is 3.94. The molecule has 0 bridgehead atoms. The van der Waals surface area contributed by atoms with E-state index in [4.69, 9.17) is 0 Å². The van der Waals surface area contributed by atoms with Crippen LogP contribution >= 0.6 is 11.3 Å². The van der Waals surface area contributed by atoms with Crippen LogP contribution in [-0.2, 0) is 6.54 Å². The maximum absolute atomic E-state index is 11.9. The lowest BCUT2D eigenvalue weighted by atomic mass is 10.2. The van der Waals surface area contributed by atoms with Crippen molar-refractivity contribution in [1.29, 1.82) is 0 Å². The van der Waals surface area contributed by atoms with E-state index in [1.165, 1.54) is 0 Å². The molecule has 5 heteroatoms. The van der Waals surface area contributed by atoms with E-state index in [2.05, 4.69) is 15.6 Å². The van der Waals surface area contributed by atoms with Gasteiger partial charge >= 0.3 is 0 Å². The van der Waals surface area contributed by atoms with E-state index in [0.717, 1.165) is 15.6 Å². The number of carbonyl (C=O) groups is 1. The number of nitrogens with one attached hydrogen (secondary N) is 2. The predicted octanol–water partition coefficient (Wildman–Crippen LogP) is 2.42. The third-order valence-electron chi connectivity index (χ3n) is 2.51. The minimum absolute atomic E-state index is 0.0782. The Balaban J connectivity index is 1.94. The molecule has 0 atom stereocenters. The number of amides is 1. The lowest BCUT2D eigenvalue weighted by Gasteiger charge is -2.04. The van der Waals surface area contributed by atoms with Crippen LogP contribution in [-0.4, -0.2) is 17.9 Å². The van der Waals surface area contributed by atoms with Gasteiger partial charge in [-0.05, 0) is 31.2 Å². The van der Waals surface area contributed by atoms with Crippen molar-refractivity contribution >= 4 is 22.9 Å². The van der Waals surface area contributed by atoms with Crippen LogP contribution in [0.5, 0.6) is 0 Å². The molecule has 2 rings (SSSR count). The van der Waals surface area contributed by atoms with E-state index in [9.17, 15) is 4.79 Å². The van der Waals surface area contributed by atoms with E-state index in [-0.39, 0.29) is 5.91 Å². The fourth-order valence-corrected chi connectivity index (χ4v) is 2.26. The largest absolute Gasteiger partial charge is 0.388 e. The first-order valence-corrected chi connectivity index (χ1v) is 6.48. The van der Waals surface area contributed by atoms with Gasteiger partial charge in [-0.3, -0.25) is 4.79 Å². The van der Waals surface area contributed by atoms with Crippen molar-refractivity contribution in [2.75, 3.05) is 12.4 Å². The third kappa shape index (κ3) is 3.07. The molecule has 0 spiro atoms. The highest BCUT2D eigenvalue weighted by Crippen LogP contribution is 2.11. The smallest absolute Gasteiger partial charge is 0.251 e. The number of thiazole rings is 1. The summed E-state index contributed by atoms with van der Waals surface area (Å²) in [6.45, 7) is 2.48. The molecule has 94 valence electrons. The summed E-state index contributed by atoms with van der Waals surface area (Å²) < 4.78 is 0. The molecule has 1 aromatic heterocycles. The molecule has 2 N–H and O–H groups in total. The van der Waals surface area contributed by atoms with Crippen LogP contribution in [0.1, 0.15) is 20.2 Å². The number of aryl methyl sites for hydroxylation is 1. The maximum atomic E-state index is 11.9. The minimum Gasteiger partial charge on any atom is -0.388 e. The Morgan fingerprint density at radius 2 is 2.06 bits per heavy atom. The predicted molar refractivity (Wildman–Crippen MR) is 74.0 cm³/mol. The number of carbonyl (C=O) groups excluding carboxylic acids is 1. The number of nitrogens with zero attached hydrogens (tertiary/aromatic N) is 1. The van der Waals surface area contributed by atoms with Gasteiger partial charge in [0.1, 0.15) is 5.01 Å². The average molecular weight is 261 g/mol. The van der Waals surface area contributed by atoms with Crippen molar-refractivity contribution in [3.63, 3.8) is 0 Å². The Labute approximate surface area is 110 Å². The normalized spacial score (nSPS) is 10.1. The fraction of sp³-hybridized carbons (Fsp3) is 0.231. The van der Waals surface area contributed by atoms with Gasteiger partial charge in [0.2, 0.25) is 0 Å². The highest BCUT2D eigenvalue weighted by Gasteiger charge is 2.06. The zero-order chi connectivity index (χ0) is 13.0. The molecule has 4 nitrogen and oxygen atoms in total. The lowest BCUT2D eigenvalue weighted by molar-refractivity contribution is 0.0951. The second-order valence-corrected chi connectivity index (χ2v) is 5.19. The standard InChI is InChI=1S/C13H15N3OS/c1-9-7-15-12(18-9)8-16-13(17)10-3-5-11(14-2)6-4-10/h3-7,14H,8H2,1-2H3,(H,16,17). The van der Waals surface area contributed by atoms with Crippen LogP contribution in [0.2, 0.25) is 0 Å². The van der Waals surface area contributed by atoms with E-state index in [1.54, 1.807) is 23.5 Å². The Hall–Kier alpha value is -1.88. The number of hydrogen-bond donors (Lipinski definition) is 2. The van der Waals surface area contributed by atoms with Crippen molar-refractivity contribution in [2.45, 2.75) is 13.5 Å². The third-order valence-corrected chi connectivity index (χ3v) is 3.42. The molecule has 0 radical (unpaired) electrons.